The first-order valence-corrected chi connectivity index (χ1v) is 10.6. The van der Waals surface area contributed by atoms with E-state index in [-0.39, 0.29) is 23.9 Å². The lowest BCUT2D eigenvalue weighted by Crippen LogP contribution is -2.37. The average molecular weight is 435 g/mol. The van der Waals surface area contributed by atoms with Gasteiger partial charge in [-0.25, -0.2) is 14.2 Å². The van der Waals surface area contributed by atoms with Crippen LogP contribution in [0.4, 0.5) is 4.39 Å². The molecule has 0 spiro atoms. The fourth-order valence-corrected chi connectivity index (χ4v) is 4.28. The number of amides is 1. The minimum atomic E-state index is -0.525. The summed E-state index contributed by atoms with van der Waals surface area (Å²) in [5.41, 5.74) is 3.54. The van der Waals surface area contributed by atoms with Gasteiger partial charge in [-0.2, -0.15) is 0 Å². The van der Waals surface area contributed by atoms with Gasteiger partial charge in [-0.15, -0.1) is 0 Å². The van der Waals surface area contributed by atoms with Crippen molar-refractivity contribution in [3.63, 3.8) is 0 Å². The molecule has 32 heavy (non-hydrogen) atoms. The van der Waals surface area contributed by atoms with Crippen LogP contribution in [0.15, 0.2) is 36.5 Å². The number of rotatable bonds is 3. The molecule has 1 aromatic carbocycles. The van der Waals surface area contributed by atoms with E-state index in [2.05, 4.69) is 9.97 Å². The second-order valence-electron chi connectivity index (χ2n) is 8.77. The van der Waals surface area contributed by atoms with Gasteiger partial charge >= 0.3 is 5.97 Å². The number of H-pyrrole nitrogens is 1. The number of aromatic amines is 1. The van der Waals surface area contributed by atoms with Gasteiger partial charge in [-0.3, -0.25) is 4.79 Å². The molecule has 2 aromatic heterocycles. The molecule has 6 nitrogen and oxygen atoms in total. The number of ether oxygens (including phenoxy) is 1. The first-order valence-electron chi connectivity index (χ1n) is 10.6. The molecule has 3 heterocycles. The van der Waals surface area contributed by atoms with Crippen molar-refractivity contribution < 1.29 is 18.7 Å². The van der Waals surface area contributed by atoms with Crippen molar-refractivity contribution >= 4 is 28.5 Å². The highest BCUT2D eigenvalue weighted by Gasteiger charge is 2.37. The maximum absolute atomic E-state index is 13.8. The smallest absolute Gasteiger partial charge is 0.341 e. The average Bonchev–Trinajstić information content (AvgIpc) is 3.06. The number of halogens is 1. The molecule has 4 rings (SSSR count). The zero-order valence-electron chi connectivity index (χ0n) is 18.9. The molecule has 1 N–H and O–H groups in total. The summed E-state index contributed by atoms with van der Waals surface area (Å²) in [6.45, 7) is 9.83. The molecule has 0 radical (unpaired) electrons. The number of aryl methyl sites for hydroxylation is 2. The summed E-state index contributed by atoms with van der Waals surface area (Å²) in [5, 5.41) is 0.901. The van der Waals surface area contributed by atoms with Crippen LogP contribution in [0.5, 0.6) is 0 Å². The second kappa shape index (κ2) is 7.89. The predicted octanol–water partition coefficient (Wildman–Crippen LogP) is 4.66. The summed E-state index contributed by atoms with van der Waals surface area (Å²) in [6, 6.07) is 8.18. The molecule has 1 aliphatic rings. The summed E-state index contributed by atoms with van der Waals surface area (Å²) >= 11 is 0. The third kappa shape index (κ3) is 3.68. The van der Waals surface area contributed by atoms with Gasteiger partial charge in [0.15, 0.2) is 0 Å². The summed E-state index contributed by atoms with van der Waals surface area (Å²) in [7, 11) is 0. The molecule has 7 heteroatoms. The molecule has 166 valence electrons. The lowest BCUT2D eigenvalue weighted by molar-refractivity contribution is -0.136. The first kappa shape index (κ1) is 21.7. The molecule has 0 fully saturated rings. The van der Waals surface area contributed by atoms with Crippen LogP contribution < -0.4 is 0 Å². The molecule has 0 unspecified atom stereocenters. The van der Waals surface area contributed by atoms with Crippen molar-refractivity contribution in [2.45, 2.75) is 40.0 Å². The zero-order valence-corrected chi connectivity index (χ0v) is 18.9. The number of pyridine rings is 1. The van der Waals surface area contributed by atoms with E-state index in [9.17, 15) is 14.0 Å². The Hall–Kier alpha value is -3.48. The van der Waals surface area contributed by atoms with E-state index in [1.54, 1.807) is 13.8 Å². The first-order chi connectivity index (χ1) is 15.1. The number of nitrogens with zero attached hydrogens (tertiary/aromatic N) is 2. The molecule has 1 amide bonds. The maximum atomic E-state index is 13.8. The van der Waals surface area contributed by atoms with Crippen molar-refractivity contribution in [1.82, 2.24) is 14.9 Å². The van der Waals surface area contributed by atoms with Gasteiger partial charge < -0.3 is 14.6 Å². The minimum absolute atomic E-state index is 0.206. The Morgan fingerprint density at radius 3 is 2.66 bits per heavy atom. The summed E-state index contributed by atoms with van der Waals surface area (Å²) in [6.07, 6.45) is 1.54. The van der Waals surface area contributed by atoms with Crippen molar-refractivity contribution in [3.05, 3.63) is 70.4 Å². The van der Waals surface area contributed by atoms with E-state index in [1.165, 1.54) is 29.3 Å². The van der Waals surface area contributed by atoms with E-state index in [0.29, 0.717) is 29.0 Å². The third-order valence-electron chi connectivity index (χ3n) is 5.75. The Labute approximate surface area is 186 Å². The molecular formula is C25H26FN3O3. The van der Waals surface area contributed by atoms with Crippen molar-refractivity contribution in [2.75, 3.05) is 13.2 Å². The molecule has 0 atom stereocenters. The van der Waals surface area contributed by atoms with Crippen LogP contribution in [0.1, 0.15) is 53.6 Å². The fraction of sp³-hybridized carbons (Fsp3) is 0.320. The van der Waals surface area contributed by atoms with Crippen LogP contribution in [0.2, 0.25) is 0 Å². The molecule has 0 saturated carbocycles. The SMILES string of the molecule is CCOC(=O)C1=CN(C(=O)c2ccc(F)c(C)c2)CC(C)(C)c2c1[nH]c1nc(C)ccc21. The Morgan fingerprint density at radius 2 is 1.97 bits per heavy atom. The Morgan fingerprint density at radius 1 is 1.22 bits per heavy atom. The number of carbonyl (C=O) groups excluding carboxylic acids is 2. The molecule has 1 aliphatic heterocycles. The highest BCUT2D eigenvalue weighted by Crippen LogP contribution is 2.40. The van der Waals surface area contributed by atoms with Crippen LogP contribution >= 0.6 is 0 Å². The van der Waals surface area contributed by atoms with Gasteiger partial charge in [0.2, 0.25) is 0 Å². The van der Waals surface area contributed by atoms with Crippen LogP contribution in [-0.4, -0.2) is 39.9 Å². The van der Waals surface area contributed by atoms with Crippen LogP contribution in [0, 0.1) is 19.7 Å². The normalized spacial score (nSPS) is 15.2. The largest absolute Gasteiger partial charge is 0.462 e. The highest BCUT2D eigenvalue weighted by atomic mass is 19.1. The predicted molar refractivity (Wildman–Crippen MR) is 121 cm³/mol. The fourth-order valence-electron chi connectivity index (χ4n) is 4.28. The van der Waals surface area contributed by atoms with Gasteiger partial charge in [0.1, 0.15) is 11.5 Å². The molecule has 0 aliphatic carbocycles. The number of esters is 1. The topological polar surface area (TPSA) is 75.3 Å². The number of hydrogen-bond acceptors (Lipinski definition) is 4. The number of nitrogens with one attached hydrogen (secondary N) is 1. The number of aromatic nitrogens is 2. The van der Waals surface area contributed by atoms with E-state index >= 15 is 0 Å². The van der Waals surface area contributed by atoms with Gasteiger partial charge in [-0.1, -0.05) is 13.8 Å². The zero-order chi connectivity index (χ0) is 23.2. The van der Waals surface area contributed by atoms with E-state index in [0.717, 1.165) is 16.6 Å². The van der Waals surface area contributed by atoms with E-state index < -0.39 is 11.4 Å². The Kier molecular flexibility index (Phi) is 5.36. The number of benzene rings is 1. The lowest BCUT2D eigenvalue weighted by atomic mass is 9.82. The number of fused-ring (bicyclic) bond motifs is 3. The summed E-state index contributed by atoms with van der Waals surface area (Å²) < 4.78 is 19.1. The van der Waals surface area contributed by atoms with E-state index in [4.69, 9.17) is 4.74 Å². The molecular weight excluding hydrogens is 409 g/mol. The maximum Gasteiger partial charge on any atom is 0.341 e. The van der Waals surface area contributed by atoms with Gasteiger partial charge in [0.25, 0.3) is 5.91 Å². The van der Waals surface area contributed by atoms with Gasteiger partial charge in [0, 0.05) is 34.8 Å². The summed E-state index contributed by atoms with van der Waals surface area (Å²) in [4.78, 5) is 35.7. The third-order valence-corrected chi connectivity index (χ3v) is 5.75. The second-order valence-corrected chi connectivity index (χ2v) is 8.77. The van der Waals surface area contributed by atoms with E-state index in [1.807, 2.05) is 32.9 Å². The van der Waals surface area contributed by atoms with Gasteiger partial charge in [-0.05, 0) is 62.2 Å². The van der Waals surface area contributed by atoms with Crippen molar-refractivity contribution in [1.29, 1.82) is 0 Å². The van der Waals surface area contributed by atoms with Gasteiger partial charge in [0.05, 0.1) is 17.9 Å². The molecule has 3 aromatic rings. The standard InChI is InChI=1S/C25H26FN3O3/c1-6-32-24(31)18-12-29(23(30)16-8-10-19(26)14(2)11-16)13-25(4,5)20-17-9-7-15(3)27-22(17)28-21(18)20/h7-12H,6,13H2,1-5H3,(H,27,28). The Balaban J connectivity index is 1.90. The minimum Gasteiger partial charge on any atom is -0.462 e. The Bertz CT molecular complexity index is 1270. The number of carbonyl (C=O) groups is 2. The quantitative estimate of drug-likeness (QED) is 0.608. The monoisotopic (exact) mass is 435 g/mol. The van der Waals surface area contributed by atoms with Crippen molar-refractivity contribution in [2.24, 2.45) is 0 Å². The highest BCUT2D eigenvalue weighted by molar-refractivity contribution is 6.18. The number of hydrogen-bond donors (Lipinski definition) is 1. The molecule has 0 bridgehead atoms. The van der Waals surface area contributed by atoms with Crippen LogP contribution in [0.3, 0.4) is 0 Å². The lowest BCUT2D eigenvalue weighted by Gasteiger charge is -2.29. The van der Waals surface area contributed by atoms with Crippen LogP contribution in [-0.2, 0) is 14.9 Å². The summed E-state index contributed by atoms with van der Waals surface area (Å²) in [5.74, 6) is -1.21. The van der Waals surface area contributed by atoms with Crippen LogP contribution in [0.25, 0.3) is 16.6 Å². The van der Waals surface area contributed by atoms with Crippen molar-refractivity contribution in [3.8, 4) is 0 Å². The molecule has 0 saturated heterocycles.